The van der Waals surface area contributed by atoms with E-state index in [-0.39, 0.29) is 17.7 Å². The lowest BCUT2D eigenvalue weighted by Gasteiger charge is -2.33. The molecule has 6 heteroatoms. The molecule has 1 heterocycles. The first-order valence-corrected chi connectivity index (χ1v) is 11.3. The minimum Gasteiger partial charge on any atom is -0.353 e. The summed E-state index contributed by atoms with van der Waals surface area (Å²) in [4.78, 5) is 28.3. The monoisotopic (exact) mass is 389 g/mol. The van der Waals surface area contributed by atoms with Crippen LogP contribution in [0.4, 0.5) is 5.69 Å². The molecular weight excluding hydrogens is 358 g/mol. The minimum atomic E-state index is -0.0124. The molecule has 2 fully saturated rings. The fourth-order valence-electron chi connectivity index (χ4n) is 4.08. The lowest BCUT2D eigenvalue weighted by molar-refractivity contribution is -0.128. The number of amides is 2. The van der Waals surface area contributed by atoms with E-state index >= 15 is 0 Å². The number of nitrogens with zero attached hydrogens (tertiary/aromatic N) is 1. The predicted molar refractivity (Wildman–Crippen MR) is 111 cm³/mol. The molecule has 1 aromatic carbocycles. The normalized spacial score (nSPS) is 21.6. The summed E-state index contributed by atoms with van der Waals surface area (Å²) in [6, 6.07) is 8.23. The molecular formula is C21H31N3O2S. The number of rotatable bonds is 6. The van der Waals surface area contributed by atoms with Gasteiger partial charge in [-0.1, -0.05) is 25.3 Å². The summed E-state index contributed by atoms with van der Waals surface area (Å²) >= 11 is 1.66. The van der Waals surface area contributed by atoms with E-state index < -0.39 is 0 Å². The van der Waals surface area contributed by atoms with E-state index in [0.29, 0.717) is 19.1 Å². The van der Waals surface area contributed by atoms with E-state index in [0.717, 1.165) is 42.8 Å². The smallest absolute Gasteiger partial charge is 0.238 e. The Labute approximate surface area is 166 Å². The highest BCUT2D eigenvalue weighted by atomic mass is 32.2. The van der Waals surface area contributed by atoms with Crippen molar-refractivity contribution in [3.8, 4) is 0 Å². The molecule has 1 unspecified atom stereocenters. The Morgan fingerprint density at radius 1 is 1.15 bits per heavy atom. The van der Waals surface area contributed by atoms with Crippen molar-refractivity contribution < 1.29 is 9.59 Å². The molecule has 2 aliphatic rings. The SMILES string of the molecule is CSc1cccc(NC(=O)CN2CCCC(C(=O)NC3CCCCC3)C2)c1. The van der Waals surface area contributed by atoms with E-state index in [1.807, 2.05) is 30.5 Å². The number of hydrogen-bond acceptors (Lipinski definition) is 4. The molecule has 148 valence electrons. The van der Waals surface area contributed by atoms with Crippen molar-refractivity contribution in [2.24, 2.45) is 5.92 Å². The molecule has 0 aromatic heterocycles. The molecule has 0 radical (unpaired) electrons. The first kappa shape index (κ1) is 20.2. The maximum Gasteiger partial charge on any atom is 0.238 e. The Kier molecular flexibility index (Phi) is 7.59. The maximum absolute atomic E-state index is 12.6. The van der Waals surface area contributed by atoms with Gasteiger partial charge in [0.15, 0.2) is 0 Å². The molecule has 0 bridgehead atoms. The molecule has 1 atom stereocenters. The summed E-state index contributed by atoms with van der Waals surface area (Å²) < 4.78 is 0. The van der Waals surface area contributed by atoms with Crippen LogP contribution >= 0.6 is 11.8 Å². The van der Waals surface area contributed by atoms with Crippen LogP contribution in [-0.4, -0.2) is 48.6 Å². The summed E-state index contributed by atoms with van der Waals surface area (Å²) in [7, 11) is 0. The number of carbonyl (C=O) groups is 2. The molecule has 27 heavy (non-hydrogen) atoms. The Balaban J connectivity index is 1.47. The third kappa shape index (κ3) is 6.25. The van der Waals surface area contributed by atoms with Crippen molar-refractivity contribution >= 4 is 29.3 Å². The van der Waals surface area contributed by atoms with Gasteiger partial charge in [-0.25, -0.2) is 0 Å². The van der Waals surface area contributed by atoms with Crippen LogP contribution < -0.4 is 10.6 Å². The van der Waals surface area contributed by atoms with Gasteiger partial charge < -0.3 is 10.6 Å². The quantitative estimate of drug-likeness (QED) is 0.731. The summed E-state index contributed by atoms with van der Waals surface area (Å²) in [6.45, 7) is 1.90. The summed E-state index contributed by atoms with van der Waals surface area (Å²) in [6.07, 6.45) is 9.87. The molecule has 1 aliphatic heterocycles. The molecule has 1 saturated carbocycles. The molecule has 1 aliphatic carbocycles. The number of anilines is 1. The van der Waals surface area contributed by atoms with E-state index in [9.17, 15) is 9.59 Å². The van der Waals surface area contributed by atoms with Crippen LogP contribution in [0.2, 0.25) is 0 Å². The number of hydrogen-bond donors (Lipinski definition) is 2. The zero-order valence-corrected chi connectivity index (χ0v) is 17.0. The highest BCUT2D eigenvalue weighted by Crippen LogP contribution is 2.21. The van der Waals surface area contributed by atoms with Crippen molar-refractivity contribution in [2.75, 3.05) is 31.2 Å². The topological polar surface area (TPSA) is 61.4 Å². The Morgan fingerprint density at radius 3 is 2.74 bits per heavy atom. The molecule has 0 spiro atoms. The predicted octanol–water partition coefficient (Wildman–Crippen LogP) is 3.51. The molecule has 5 nitrogen and oxygen atoms in total. The number of piperidine rings is 1. The van der Waals surface area contributed by atoms with Crippen LogP contribution in [0.5, 0.6) is 0 Å². The lowest BCUT2D eigenvalue weighted by atomic mass is 9.93. The van der Waals surface area contributed by atoms with Gasteiger partial charge in [0.05, 0.1) is 12.5 Å². The van der Waals surface area contributed by atoms with Gasteiger partial charge in [-0.3, -0.25) is 14.5 Å². The van der Waals surface area contributed by atoms with Gasteiger partial charge in [0.25, 0.3) is 0 Å². The lowest BCUT2D eigenvalue weighted by Crippen LogP contribution is -2.47. The second kappa shape index (κ2) is 10.1. The van der Waals surface area contributed by atoms with Crippen molar-refractivity contribution in [2.45, 2.75) is 55.9 Å². The molecule has 1 aromatic rings. The van der Waals surface area contributed by atoms with Gasteiger partial charge in [0, 0.05) is 23.2 Å². The number of likely N-dealkylation sites (tertiary alicyclic amines) is 1. The third-order valence-corrected chi connectivity index (χ3v) is 6.27. The zero-order chi connectivity index (χ0) is 19.1. The largest absolute Gasteiger partial charge is 0.353 e. The first-order chi connectivity index (χ1) is 13.1. The van der Waals surface area contributed by atoms with Crippen molar-refractivity contribution in [1.29, 1.82) is 0 Å². The molecule has 3 rings (SSSR count). The van der Waals surface area contributed by atoms with Crippen LogP contribution in [0.25, 0.3) is 0 Å². The van der Waals surface area contributed by atoms with Gasteiger partial charge in [-0.15, -0.1) is 11.8 Å². The van der Waals surface area contributed by atoms with Crippen LogP contribution in [0.3, 0.4) is 0 Å². The van der Waals surface area contributed by atoms with E-state index in [1.165, 1.54) is 19.3 Å². The number of nitrogens with one attached hydrogen (secondary N) is 2. The fraction of sp³-hybridized carbons (Fsp3) is 0.619. The third-order valence-electron chi connectivity index (χ3n) is 5.55. The second-order valence-corrected chi connectivity index (χ2v) is 8.58. The van der Waals surface area contributed by atoms with Gasteiger partial charge in [0.2, 0.25) is 11.8 Å². The summed E-state index contributed by atoms with van der Waals surface area (Å²) in [5.74, 6) is 0.176. The van der Waals surface area contributed by atoms with Crippen molar-refractivity contribution in [3.63, 3.8) is 0 Å². The van der Waals surface area contributed by atoms with Crippen molar-refractivity contribution in [1.82, 2.24) is 10.2 Å². The Morgan fingerprint density at radius 2 is 1.96 bits per heavy atom. The second-order valence-electron chi connectivity index (χ2n) is 7.70. The average Bonchev–Trinajstić information content (AvgIpc) is 2.69. The standard InChI is InChI=1S/C21H31N3O2S/c1-27-19-11-5-10-18(13-19)22-20(25)15-24-12-6-7-16(14-24)21(26)23-17-8-3-2-4-9-17/h5,10-11,13,16-17H,2-4,6-9,12,14-15H2,1H3,(H,22,25)(H,23,26). The number of carbonyl (C=O) groups excluding carboxylic acids is 2. The van der Waals surface area contributed by atoms with Gasteiger partial charge in [-0.2, -0.15) is 0 Å². The molecule has 2 amide bonds. The van der Waals surface area contributed by atoms with Crippen molar-refractivity contribution in [3.05, 3.63) is 24.3 Å². The van der Waals surface area contributed by atoms with Gasteiger partial charge in [0.1, 0.15) is 0 Å². The minimum absolute atomic E-state index is 0.00768. The summed E-state index contributed by atoms with van der Waals surface area (Å²) in [5, 5.41) is 6.23. The van der Waals surface area contributed by atoms with Gasteiger partial charge >= 0.3 is 0 Å². The Bertz CT molecular complexity index is 646. The zero-order valence-electron chi connectivity index (χ0n) is 16.2. The molecule has 2 N–H and O–H groups in total. The fourth-order valence-corrected chi connectivity index (χ4v) is 4.54. The number of thioether (sulfide) groups is 1. The number of benzene rings is 1. The van der Waals surface area contributed by atoms with E-state index in [1.54, 1.807) is 11.8 Å². The van der Waals surface area contributed by atoms with Crippen LogP contribution in [-0.2, 0) is 9.59 Å². The van der Waals surface area contributed by atoms with Gasteiger partial charge in [-0.05, 0) is 56.7 Å². The highest BCUT2D eigenvalue weighted by molar-refractivity contribution is 7.98. The highest BCUT2D eigenvalue weighted by Gasteiger charge is 2.28. The molecule has 1 saturated heterocycles. The maximum atomic E-state index is 12.6. The Hall–Kier alpha value is -1.53. The van der Waals surface area contributed by atoms with E-state index in [2.05, 4.69) is 15.5 Å². The first-order valence-electron chi connectivity index (χ1n) is 10.1. The van der Waals surface area contributed by atoms with Crippen LogP contribution in [0.1, 0.15) is 44.9 Å². The van der Waals surface area contributed by atoms with E-state index in [4.69, 9.17) is 0 Å². The average molecular weight is 390 g/mol. The summed E-state index contributed by atoms with van der Waals surface area (Å²) in [5.41, 5.74) is 0.829. The van der Waals surface area contributed by atoms with Crippen LogP contribution in [0, 0.1) is 5.92 Å². The van der Waals surface area contributed by atoms with Crippen LogP contribution in [0.15, 0.2) is 29.2 Å².